The van der Waals surface area contributed by atoms with Crippen LogP contribution in [-0.4, -0.2) is 66.7 Å². The van der Waals surface area contributed by atoms with Gasteiger partial charge in [0.25, 0.3) is 6.47 Å². The first-order valence-electron chi connectivity index (χ1n) is 19.6. The summed E-state index contributed by atoms with van der Waals surface area (Å²) in [7, 11) is 0. The second kappa shape index (κ2) is 13.3. The Morgan fingerprint density at radius 3 is 2.00 bits per heavy atom. The van der Waals surface area contributed by atoms with E-state index in [9.17, 15) is 24.0 Å². The Hall–Kier alpha value is -3.08. The van der Waals surface area contributed by atoms with E-state index in [1.165, 1.54) is 12.5 Å². The summed E-state index contributed by atoms with van der Waals surface area (Å²) in [5.74, 6) is -1.65. The average molecular weight is 741 g/mol. The van der Waals surface area contributed by atoms with E-state index < -0.39 is 54.0 Å². The molecule has 0 aromatic carbocycles. The van der Waals surface area contributed by atoms with Crippen LogP contribution in [0.2, 0.25) is 0 Å². The minimum Gasteiger partial charge on any atom is -0.455 e. The highest BCUT2D eigenvalue weighted by atomic mass is 16.7. The van der Waals surface area contributed by atoms with E-state index >= 15 is 4.79 Å². The number of ether oxygens (including phenoxy) is 5. The van der Waals surface area contributed by atoms with Gasteiger partial charge in [0.1, 0.15) is 5.78 Å². The van der Waals surface area contributed by atoms with E-state index in [0.29, 0.717) is 36.9 Å². The second-order valence-electron chi connectivity index (χ2n) is 19.3. The molecule has 0 aromatic heterocycles. The van der Waals surface area contributed by atoms with Crippen molar-refractivity contribution < 1.29 is 52.5 Å². The van der Waals surface area contributed by atoms with Gasteiger partial charge < -0.3 is 23.7 Å². The minimum atomic E-state index is -1.60. The zero-order chi connectivity index (χ0) is 39.1. The lowest BCUT2D eigenvalue weighted by Gasteiger charge is -2.70. The lowest BCUT2D eigenvalue weighted by molar-refractivity contribution is -0.290. The number of esters is 3. The molecule has 0 aromatic rings. The van der Waals surface area contributed by atoms with E-state index in [0.717, 1.165) is 58.8 Å². The second-order valence-corrected chi connectivity index (χ2v) is 19.3. The third-order valence-corrected chi connectivity index (χ3v) is 15.7. The zero-order valence-electron chi connectivity index (χ0n) is 33.3. The first-order chi connectivity index (χ1) is 24.6. The van der Waals surface area contributed by atoms with Crippen LogP contribution in [0, 0.1) is 50.2 Å². The Morgan fingerprint density at radius 1 is 0.774 bits per heavy atom. The van der Waals surface area contributed by atoms with Gasteiger partial charge in [-0.25, -0.2) is 0 Å². The summed E-state index contributed by atoms with van der Waals surface area (Å²) in [4.78, 5) is 77.8. The summed E-state index contributed by atoms with van der Waals surface area (Å²) in [6.07, 6.45) is 2.79. The Labute approximate surface area is 314 Å². The topological polar surface area (TPSA) is 149 Å². The van der Waals surface area contributed by atoms with Crippen LogP contribution in [0.4, 0.5) is 0 Å². The standard InChI is InChI=1S/C42H60O11/c1-23(44)50-31-32(51-24(2)45)34(52-25(3)46)36(49-22-43)53-33(31)35(48)42-19-17-37(4,5)21-27(42)26-11-12-29-39(8)15-14-30(47)38(6,7)28(39)13-16-41(29,10)40(26,9)18-20-42/h11,22,27-29,31-34,36H,12-21H2,1-10H3/t27?,28?,29?,31?,32-,33-,34+,36?,39+,40-,41-,42+/m1/s1. The van der Waals surface area contributed by atoms with Gasteiger partial charge in [0.15, 0.2) is 24.1 Å². The average Bonchev–Trinajstić information content (AvgIpc) is 3.05. The number of carbonyl (C=O) groups is 6. The molecule has 11 nitrogen and oxygen atoms in total. The monoisotopic (exact) mass is 740 g/mol. The van der Waals surface area contributed by atoms with E-state index in [-0.39, 0.29) is 45.2 Å². The van der Waals surface area contributed by atoms with Gasteiger partial charge in [0.2, 0.25) is 12.4 Å². The van der Waals surface area contributed by atoms with Gasteiger partial charge >= 0.3 is 17.9 Å². The first-order valence-corrected chi connectivity index (χ1v) is 19.6. The number of hydrogen-bond acceptors (Lipinski definition) is 11. The van der Waals surface area contributed by atoms with Crippen molar-refractivity contribution in [3.8, 4) is 0 Å². The summed E-state index contributed by atoms with van der Waals surface area (Å²) < 4.78 is 28.3. The van der Waals surface area contributed by atoms with Crippen LogP contribution in [0.15, 0.2) is 11.6 Å². The lowest BCUT2D eigenvalue weighted by Crippen LogP contribution is -2.68. The Kier molecular flexibility index (Phi) is 9.94. The Balaban J connectivity index is 1.44. The molecule has 5 aliphatic carbocycles. The van der Waals surface area contributed by atoms with Gasteiger partial charge in [-0.05, 0) is 97.2 Å². The van der Waals surface area contributed by atoms with Crippen LogP contribution in [0.3, 0.4) is 0 Å². The van der Waals surface area contributed by atoms with Gasteiger partial charge in [-0.15, -0.1) is 0 Å². The summed E-state index contributed by atoms with van der Waals surface area (Å²) in [5, 5.41) is 0. The zero-order valence-corrected chi connectivity index (χ0v) is 33.3. The van der Waals surface area contributed by atoms with Crippen molar-refractivity contribution in [2.75, 3.05) is 0 Å². The maximum absolute atomic E-state index is 15.5. The third-order valence-electron chi connectivity index (χ3n) is 15.7. The number of fused-ring (bicyclic) bond motifs is 7. The smallest absolute Gasteiger partial charge is 0.303 e. The molecule has 53 heavy (non-hydrogen) atoms. The molecule has 6 rings (SSSR count). The van der Waals surface area contributed by atoms with Crippen LogP contribution < -0.4 is 0 Å². The van der Waals surface area contributed by atoms with Crippen molar-refractivity contribution in [2.45, 2.75) is 164 Å². The van der Waals surface area contributed by atoms with E-state index in [1.807, 2.05) is 0 Å². The molecule has 4 saturated carbocycles. The van der Waals surface area contributed by atoms with Gasteiger partial charge in [0.05, 0.1) is 0 Å². The first kappa shape index (κ1) is 39.6. The minimum absolute atomic E-state index is 0.0105. The lowest BCUT2D eigenvalue weighted by atomic mass is 9.33. The predicted octanol–water partition coefficient (Wildman–Crippen LogP) is 6.62. The molecule has 5 fully saturated rings. The van der Waals surface area contributed by atoms with Crippen LogP contribution >= 0.6 is 0 Å². The van der Waals surface area contributed by atoms with Gasteiger partial charge in [-0.1, -0.05) is 60.1 Å². The van der Waals surface area contributed by atoms with Gasteiger partial charge in [-0.3, -0.25) is 28.8 Å². The fourth-order valence-electron chi connectivity index (χ4n) is 12.9. The summed E-state index contributed by atoms with van der Waals surface area (Å²) >= 11 is 0. The largest absolute Gasteiger partial charge is 0.455 e. The molecule has 5 unspecified atom stereocenters. The molecule has 294 valence electrons. The molecular weight excluding hydrogens is 680 g/mol. The van der Waals surface area contributed by atoms with E-state index in [1.54, 1.807) is 0 Å². The van der Waals surface area contributed by atoms with Crippen molar-refractivity contribution in [1.82, 2.24) is 0 Å². The van der Waals surface area contributed by atoms with E-state index in [2.05, 4.69) is 54.5 Å². The quantitative estimate of drug-likeness (QED) is 0.120. The maximum atomic E-state index is 15.5. The van der Waals surface area contributed by atoms with Crippen LogP contribution in [-0.2, 0) is 52.5 Å². The highest BCUT2D eigenvalue weighted by Gasteiger charge is 2.70. The fourth-order valence-corrected chi connectivity index (χ4v) is 12.9. The fraction of sp³-hybridized carbons (Fsp3) is 0.810. The molecule has 11 heteroatoms. The molecule has 1 heterocycles. The predicted molar refractivity (Wildman–Crippen MR) is 192 cm³/mol. The van der Waals surface area contributed by atoms with Gasteiger partial charge in [-0.2, -0.15) is 0 Å². The molecule has 6 aliphatic rings. The van der Waals surface area contributed by atoms with Crippen molar-refractivity contribution >= 4 is 35.9 Å². The van der Waals surface area contributed by atoms with E-state index in [4.69, 9.17) is 23.7 Å². The summed E-state index contributed by atoms with van der Waals surface area (Å²) in [6, 6.07) is 0. The van der Waals surface area contributed by atoms with Crippen molar-refractivity contribution in [3.05, 3.63) is 11.6 Å². The number of rotatable bonds is 7. The molecule has 0 amide bonds. The SMILES string of the molecule is CC(=O)OC1[C@@H](OC(C)=O)[C@H](OC(C)=O)C(OC=O)O[C@H]1C(=O)[C@]12CCC(C)(C)CC1C1=CCC3[C@@]4(C)CCC(=O)C(C)(C)C4CC[C@@]3(C)[C@]1(C)CC2. The number of ketones is 2. The number of hydrogen-bond donors (Lipinski definition) is 0. The molecule has 0 spiro atoms. The highest BCUT2D eigenvalue weighted by Crippen LogP contribution is 2.75. The molecule has 1 saturated heterocycles. The molecule has 0 N–H and O–H groups in total. The van der Waals surface area contributed by atoms with Gasteiger partial charge in [0, 0.05) is 38.0 Å². The molecule has 0 radical (unpaired) electrons. The Morgan fingerprint density at radius 2 is 1.38 bits per heavy atom. The number of carbonyl (C=O) groups excluding carboxylic acids is 6. The Bertz CT molecular complexity index is 1590. The maximum Gasteiger partial charge on any atom is 0.303 e. The highest BCUT2D eigenvalue weighted by molar-refractivity contribution is 5.91. The van der Waals surface area contributed by atoms with Crippen molar-refractivity contribution in [1.29, 1.82) is 0 Å². The molecule has 1 aliphatic heterocycles. The van der Waals surface area contributed by atoms with Crippen LogP contribution in [0.5, 0.6) is 0 Å². The number of allylic oxidation sites excluding steroid dienone is 2. The number of Topliss-reactive ketones (excluding diaryl/α,β-unsaturated/α-hetero) is 2. The molecule has 12 atom stereocenters. The van der Waals surface area contributed by atoms with Crippen molar-refractivity contribution in [2.24, 2.45) is 50.2 Å². The summed E-state index contributed by atoms with van der Waals surface area (Å²) in [6.45, 7) is 19.7. The molecule has 0 bridgehead atoms. The normalized spacial score (nSPS) is 44.0. The van der Waals surface area contributed by atoms with Crippen LogP contribution in [0.25, 0.3) is 0 Å². The van der Waals surface area contributed by atoms with Crippen LogP contribution in [0.1, 0.15) is 133 Å². The van der Waals surface area contributed by atoms with Crippen molar-refractivity contribution in [3.63, 3.8) is 0 Å². The molecular formula is C42H60O11. The summed E-state index contributed by atoms with van der Waals surface area (Å²) in [5.41, 5.74) is -0.267. The third kappa shape index (κ3) is 6.10.